The molecule has 0 aliphatic carbocycles. The summed E-state index contributed by atoms with van der Waals surface area (Å²) in [6.07, 6.45) is -3.18. The maximum absolute atomic E-state index is 11.3. The van der Waals surface area contributed by atoms with Crippen LogP contribution in [0.4, 0.5) is 5.82 Å². The first-order valence-corrected chi connectivity index (χ1v) is 8.81. The second kappa shape index (κ2) is 6.01. The first-order valence-electron chi connectivity index (χ1n) is 7.05. The SMILES string of the molecule is N#C[C@]1(c2ccc3c(N)ncnn23)O[C@H](COP(N)(N)=O)[C@@H](O)[C@H]1O. The van der Waals surface area contributed by atoms with E-state index < -0.39 is 38.2 Å². The van der Waals surface area contributed by atoms with Crippen LogP contribution in [0.5, 0.6) is 0 Å². The van der Waals surface area contributed by atoms with Crippen LogP contribution in [0.25, 0.3) is 5.52 Å². The summed E-state index contributed by atoms with van der Waals surface area (Å²) in [4.78, 5) is 3.83. The second-order valence-corrected chi connectivity index (χ2v) is 7.09. The van der Waals surface area contributed by atoms with Crippen LogP contribution in [0.1, 0.15) is 5.69 Å². The summed E-state index contributed by atoms with van der Waals surface area (Å²) in [5, 5.41) is 34.3. The van der Waals surface area contributed by atoms with Gasteiger partial charge in [0.1, 0.15) is 36.2 Å². The Balaban J connectivity index is 2.01. The molecule has 0 bridgehead atoms. The molecular formula is C12H16N7O5P. The Morgan fingerprint density at radius 3 is 2.84 bits per heavy atom. The number of ether oxygens (including phenoxy) is 1. The van der Waals surface area contributed by atoms with Gasteiger partial charge in [0.05, 0.1) is 12.3 Å². The van der Waals surface area contributed by atoms with E-state index in [0.717, 1.165) is 0 Å². The molecule has 3 rings (SSSR count). The fraction of sp³-hybridized carbons (Fsp3) is 0.417. The molecule has 0 radical (unpaired) electrons. The van der Waals surface area contributed by atoms with Crippen molar-refractivity contribution in [3.63, 3.8) is 0 Å². The van der Waals surface area contributed by atoms with E-state index >= 15 is 0 Å². The van der Waals surface area contributed by atoms with Crippen molar-refractivity contribution in [3.05, 3.63) is 24.2 Å². The van der Waals surface area contributed by atoms with Crippen molar-refractivity contribution in [2.45, 2.75) is 23.9 Å². The maximum Gasteiger partial charge on any atom is 0.335 e. The van der Waals surface area contributed by atoms with Gasteiger partial charge in [-0.2, -0.15) is 10.4 Å². The predicted molar refractivity (Wildman–Crippen MR) is 83.5 cm³/mol. The van der Waals surface area contributed by atoms with Crippen molar-refractivity contribution in [2.24, 2.45) is 11.0 Å². The van der Waals surface area contributed by atoms with E-state index in [0.29, 0.717) is 5.52 Å². The number of anilines is 1. The molecule has 2 aromatic rings. The predicted octanol–water partition coefficient (Wildman–Crippen LogP) is -1.81. The number of aliphatic hydroxyl groups excluding tert-OH is 2. The van der Waals surface area contributed by atoms with Gasteiger partial charge in [0.25, 0.3) is 0 Å². The Morgan fingerprint density at radius 1 is 1.48 bits per heavy atom. The molecule has 0 unspecified atom stereocenters. The van der Waals surface area contributed by atoms with E-state index in [-0.39, 0.29) is 11.5 Å². The van der Waals surface area contributed by atoms with Crippen LogP contribution < -0.4 is 16.7 Å². The van der Waals surface area contributed by atoms with E-state index in [1.54, 1.807) is 6.07 Å². The van der Waals surface area contributed by atoms with Gasteiger partial charge in [0.15, 0.2) is 5.82 Å². The van der Waals surface area contributed by atoms with Crippen LogP contribution >= 0.6 is 7.67 Å². The molecule has 1 aliphatic rings. The van der Waals surface area contributed by atoms with Gasteiger partial charge in [-0.05, 0) is 12.1 Å². The third kappa shape index (κ3) is 2.88. The van der Waals surface area contributed by atoms with Crippen molar-refractivity contribution >= 4 is 19.0 Å². The van der Waals surface area contributed by atoms with Gasteiger partial charge < -0.3 is 25.2 Å². The average Bonchev–Trinajstić information content (AvgIpc) is 3.08. The Bertz CT molecular complexity index is 892. The minimum absolute atomic E-state index is 0.136. The first-order chi connectivity index (χ1) is 11.7. The molecule has 12 nitrogen and oxygen atoms in total. The third-order valence-corrected chi connectivity index (χ3v) is 4.48. The van der Waals surface area contributed by atoms with Gasteiger partial charge in [0, 0.05) is 0 Å². The van der Waals surface area contributed by atoms with E-state index in [1.807, 2.05) is 6.07 Å². The zero-order chi connectivity index (χ0) is 18.4. The molecule has 8 N–H and O–H groups in total. The standard InChI is InChI=1S/C12H16N7O5P/c13-4-12(8-2-1-6-11(14)17-5-18-19(6)8)10(21)9(20)7(24-12)3-23-25(15,16)22/h1-2,5,7,9-10,20-21H,3H2,(H2,14,17,18)(H4,15,16,22)/t7-,9-,10-,12-/m1/s1. The molecule has 1 saturated heterocycles. The van der Waals surface area contributed by atoms with Crippen molar-refractivity contribution in [2.75, 3.05) is 12.3 Å². The summed E-state index contributed by atoms with van der Waals surface area (Å²) in [5.41, 5.74) is 14.5. The number of rotatable bonds is 4. The molecule has 3 heterocycles. The largest absolute Gasteiger partial charge is 0.387 e. The van der Waals surface area contributed by atoms with Gasteiger partial charge in [-0.25, -0.2) is 20.5 Å². The van der Waals surface area contributed by atoms with E-state index in [2.05, 4.69) is 10.1 Å². The Hall–Kier alpha value is -2.10. The Kier molecular flexibility index (Phi) is 4.26. The van der Waals surface area contributed by atoms with Gasteiger partial charge >= 0.3 is 7.67 Å². The van der Waals surface area contributed by atoms with Crippen molar-refractivity contribution in [1.82, 2.24) is 14.6 Å². The van der Waals surface area contributed by atoms with Crippen molar-refractivity contribution in [1.29, 1.82) is 5.26 Å². The lowest BCUT2D eigenvalue weighted by atomic mass is 9.92. The molecular weight excluding hydrogens is 353 g/mol. The summed E-state index contributed by atoms with van der Waals surface area (Å²) >= 11 is 0. The number of nitriles is 1. The monoisotopic (exact) mass is 369 g/mol. The average molecular weight is 369 g/mol. The number of aromatic nitrogens is 3. The smallest absolute Gasteiger partial charge is 0.335 e. The summed E-state index contributed by atoms with van der Waals surface area (Å²) in [6.45, 7) is -0.480. The van der Waals surface area contributed by atoms with Gasteiger partial charge in [0.2, 0.25) is 5.60 Å². The summed E-state index contributed by atoms with van der Waals surface area (Å²) in [5.74, 6) is 0.162. The fourth-order valence-corrected chi connectivity index (χ4v) is 3.12. The number of nitrogen functional groups attached to an aromatic ring is 1. The number of hydrogen-bond acceptors (Lipinski definition) is 9. The second-order valence-electron chi connectivity index (χ2n) is 5.54. The minimum atomic E-state index is -3.82. The molecule has 2 aromatic heterocycles. The zero-order valence-electron chi connectivity index (χ0n) is 12.8. The first kappa shape index (κ1) is 17.7. The van der Waals surface area contributed by atoms with Crippen LogP contribution in [0.2, 0.25) is 0 Å². The van der Waals surface area contributed by atoms with Crippen LogP contribution in [-0.2, 0) is 19.4 Å². The summed E-state index contributed by atoms with van der Waals surface area (Å²) in [7, 11) is -3.82. The van der Waals surface area contributed by atoms with Crippen molar-refractivity contribution < 1.29 is 24.0 Å². The number of aliphatic hydroxyl groups is 2. The highest BCUT2D eigenvalue weighted by Crippen LogP contribution is 2.41. The fourth-order valence-electron chi connectivity index (χ4n) is 2.74. The quantitative estimate of drug-likeness (QED) is 0.379. The van der Waals surface area contributed by atoms with Gasteiger partial charge in [-0.1, -0.05) is 0 Å². The van der Waals surface area contributed by atoms with Crippen LogP contribution in [0.3, 0.4) is 0 Å². The number of nitrogens with zero attached hydrogens (tertiary/aromatic N) is 4. The Labute approximate surface area is 141 Å². The lowest BCUT2D eigenvalue weighted by Gasteiger charge is -2.24. The van der Waals surface area contributed by atoms with E-state index in [1.165, 1.54) is 16.9 Å². The van der Waals surface area contributed by atoms with Crippen LogP contribution in [0, 0.1) is 11.3 Å². The molecule has 0 amide bonds. The molecule has 134 valence electrons. The topological polar surface area (TPSA) is 208 Å². The van der Waals surface area contributed by atoms with Crippen LogP contribution in [-0.4, -0.2) is 49.7 Å². The summed E-state index contributed by atoms with van der Waals surface area (Å²) in [6, 6.07) is 4.87. The molecule has 25 heavy (non-hydrogen) atoms. The zero-order valence-corrected chi connectivity index (χ0v) is 13.7. The molecule has 1 fully saturated rings. The van der Waals surface area contributed by atoms with E-state index in [9.17, 15) is 20.0 Å². The highest BCUT2D eigenvalue weighted by Gasteiger charge is 2.57. The van der Waals surface area contributed by atoms with Gasteiger partial charge in [-0.3, -0.25) is 4.57 Å². The highest BCUT2D eigenvalue weighted by atomic mass is 31.2. The number of fused-ring (bicyclic) bond motifs is 1. The maximum atomic E-state index is 11.3. The Morgan fingerprint density at radius 2 is 2.20 bits per heavy atom. The molecule has 0 spiro atoms. The normalized spacial score (nSPS) is 29.8. The summed E-state index contributed by atoms with van der Waals surface area (Å²) < 4.78 is 22.9. The molecule has 4 atom stereocenters. The lowest BCUT2D eigenvalue weighted by Crippen LogP contribution is -2.41. The minimum Gasteiger partial charge on any atom is -0.387 e. The number of hydrogen-bond donors (Lipinski definition) is 5. The molecule has 0 aromatic carbocycles. The highest BCUT2D eigenvalue weighted by molar-refractivity contribution is 7.53. The molecule has 13 heteroatoms. The number of nitrogens with two attached hydrogens (primary N) is 3. The van der Waals surface area contributed by atoms with Crippen molar-refractivity contribution in [3.8, 4) is 6.07 Å². The lowest BCUT2D eigenvalue weighted by molar-refractivity contribution is -0.0609. The van der Waals surface area contributed by atoms with E-state index in [4.69, 9.17) is 26.0 Å². The van der Waals surface area contributed by atoms with Crippen LogP contribution in [0.15, 0.2) is 18.5 Å². The molecule has 1 aliphatic heterocycles. The molecule has 0 saturated carbocycles. The van der Waals surface area contributed by atoms with Gasteiger partial charge in [-0.15, -0.1) is 0 Å². The third-order valence-electron chi connectivity index (χ3n) is 3.93.